The molecule has 2 saturated carbocycles. The van der Waals surface area contributed by atoms with Gasteiger partial charge in [0.15, 0.2) is 0 Å². The summed E-state index contributed by atoms with van der Waals surface area (Å²) in [6.45, 7) is 0. The van der Waals surface area contributed by atoms with Gasteiger partial charge in [0.1, 0.15) is 6.10 Å². The second-order valence-electron chi connectivity index (χ2n) is 6.62. The molecule has 0 atom stereocenters. The topological polar surface area (TPSA) is 26.3 Å². The molecule has 0 radical (unpaired) electrons. The highest BCUT2D eigenvalue weighted by Gasteiger charge is 2.19. The Balaban J connectivity index is 1.58. The summed E-state index contributed by atoms with van der Waals surface area (Å²) < 4.78 is 5.62. The number of hydrogen-bond acceptors (Lipinski definition) is 2. The van der Waals surface area contributed by atoms with Crippen molar-refractivity contribution >= 4 is 5.97 Å². The van der Waals surface area contributed by atoms with E-state index >= 15 is 0 Å². The smallest absolute Gasteiger partial charge is 0.338 e. The fraction of sp³-hybridized carbons (Fsp3) is 0.632. The van der Waals surface area contributed by atoms with Crippen LogP contribution in [0.3, 0.4) is 0 Å². The zero-order valence-corrected chi connectivity index (χ0v) is 12.9. The third-order valence-electron chi connectivity index (χ3n) is 5.05. The van der Waals surface area contributed by atoms with Gasteiger partial charge in [-0.3, -0.25) is 0 Å². The fourth-order valence-corrected chi connectivity index (χ4v) is 3.73. The van der Waals surface area contributed by atoms with E-state index < -0.39 is 0 Å². The zero-order valence-electron chi connectivity index (χ0n) is 12.9. The van der Waals surface area contributed by atoms with Crippen LogP contribution in [0, 0.1) is 0 Å². The highest BCUT2D eigenvalue weighted by Crippen LogP contribution is 2.32. The summed E-state index contributed by atoms with van der Waals surface area (Å²) in [5.41, 5.74) is 2.10. The van der Waals surface area contributed by atoms with Gasteiger partial charge in [0.05, 0.1) is 5.56 Å². The molecule has 0 aliphatic heterocycles. The second kappa shape index (κ2) is 7.11. The summed E-state index contributed by atoms with van der Waals surface area (Å²) in [7, 11) is 0. The lowest BCUT2D eigenvalue weighted by atomic mass is 9.84. The van der Waals surface area contributed by atoms with Crippen molar-refractivity contribution < 1.29 is 9.53 Å². The standard InChI is InChI=1S/C19H26O2/c20-19(21-18-9-5-2-6-10-18)17-13-11-16(12-14-17)15-7-3-1-4-8-15/h11-15,18H,1-10H2. The first kappa shape index (κ1) is 14.6. The third kappa shape index (κ3) is 3.87. The molecule has 0 heterocycles. The average molecular weight is 286 g/mol. The maximum absolute atomic E-state index is 12.2. The van der Waals surface area contributed by atoms with Crippen LogP contribution in [0.5, 0.6) is 0 Å². The largest absolute Gasteiger partial charge is 0.459 e. The van der Waals surface area contributed by atoms with Gasteiger partial charge in [-0.1, -0.05) is 37.8 Å². The van der Waals surface area contributed by atoms with Crippen LogP contribution in [0.4, 0.5) is 0 Å². The molecule has 114 valence electrons. The van der Waals surface area contributed by atoms with Crippen molar-refractivity contribution in [3.05, 3.63) is 35.4 Å². The van der Waals surface area contributed by atoms with Gasteiger partial charge < -0.3 is 4.74 Å². The fourth-order valence-electron chi connectivity index (χ4n) is 3.73. The summed E-state index contributed by atoms with van der Waals surface area (Å²) in [6.07, 6.45) is 12.5. The monoisotopic (exact) mass is 286 g/mol. The van der Waals surface area contributed by atoms with Gasteiger partial charge >= 0.3 is 5.97 Å². The van der Waals surface area contributed by atoms with Crippen LogP contribution < -0.4 is 0 Å². The second-order valence-corrected chi connectivity index (χ2v) is 6.62. The average Bonchev–Trinajstić information content (AvgIpc) is 2.57. The van der Waals surface area contributed by atoms with Crippen molar-refractivity contribution in [3.8, 4) is 0 Å². The van der Waals surface area contributed by atoms with Crippen molar-refractivity contribution in [2.45, 2.75) is 76.2 Å². The van der Waals surface area contributed by atoms with Crippen molar-refractivity contribution in [2.24, 2.45) is 0 Å². The minimum atomic E-state index is -0.142. The van der Waals surface area contributed by atoms with Crippen LogP contribution in [0.25, 0.3) is 0 Å². The Bertz CT molecular complexity index is 451. The number of rotatable bonds is 3. The van der Waals surface area contributed by atoms with Crippen LogP contribution in [-0.2, 0) is 4.74 Å². The van der Waals surface area contributed by atoms with Crippen molar-refractivity contribution in [1.29, 1.82) is 0 Å². The van der Waals surface area contributed by atoms with E-state index in [0.717, 1.165) is 12.8 Å². The molecular formula is C19H26O2. The van der Waals surface area contributed by atoms with E-state index in [0.29, 0.717) is 11.5 Å². The van der Waals surface area contributed by atoms with E-state index in [1.54, 1.807) is 0 Å². The molecule has 2 aliphatic carbocycles. The molecule has 0 aromatic heterocycles. The molecule has 0 saturated heterocycles. The number of carbonyl (C=O) groups is 1. The van der Waals surface area contributed by atoms with Gasteiger partial charge in [0, 0.05) is 0 Å². The normalized spacial score (nSPS) is 21.1. The van der Waals surface area contributed by atoms with Gasteiger partial charge in [-0.2, -0.15) is 0 Å². The Hall–Kier alpha value is -1.31. The molecule has 1 aromatic rings. The molecule has 3 rings (SSSR count). The lowest BCUT2D eigenvalue weighted by Gasteiger charge is -2.23. The summed E-state index contributed by atoms with van der Waals surface area (Å²) >= 11 is 0. The number of carbonyl (C=O) groups excluding carboxylic acids is 1. The number of hydrogen-bond donors (Lipinski definition) is 0. The Labute approximate surface area is 127 Å². The first-order valence-corrected chi connectivity index (χ1v) is 8.64. The van der Waals surface area contributed by atoms with E-state index in [4.69, 9.17) is 4.74 Å². The first-order valence-electron chi connectivity index (χ1n) is 8.64. The van der Waals surface area contributed by atoms with E-state index in [2.05, 4.69) is 12.1 Å². The predicted molar refractivity (Wildman–Crippen MR) is 84.6 cm³/mol. The predicted octanol–water partition coefficient (Wildman–Crippen LogP) is 5.22. The molecule has 2 heteroatoms. The van der Waals surface area contributed by atoms with Crippen molar-refractivity contribution in [3.63, 3.8) is 0 Å². The minimum absolute atomic E-state index is 0.142. The molecule has 0 unspecified atom stereocenters. The van der Waals surface area contributed by atoms with E-state index in [9.17, 15) is 4.79 Å². The molecule has 2 fully saturated rings. The summed E-state index contributed by atoms with van der Waals surface area (Å²) in [6, 6.07) is 8.17. The highest BCUT2D eigenvalue weighted by atomic mass is 16.5. The molecule has 0 N–H and O–H groups in total. The minimum Gasteiger partial charge on any atom is -0.459 e. The Kier molecular flexibility index (Phi) is 4.95. The van der Waals surface area contributed by atoms with Crippen LogP contribution in [0.15, 0.2) is 24.3 Å². The molecular weight excluding hydrogens is 260 g/mol. The lowest BCUT2D eigenvalue weighted by Crippen LogP contribution is -2.20. The summed E-state index contributed by atoms with van der Waals surface area (Å²) in [5.74, 6) is 0.555. The number of benzene rings is 1. The maximum atomic E-state index is 12.2. The first-order chi connectivity index (χ1) is 10.3. The van der Waals surface area contributed by atoms with Crippen LogP contribution in [0.2, 0.25) is 0 Å². The van der Waals surface area contributed by atoms with Gasteiger partial charge in [0.25, 0.3) is 0 Å². The van der Waals surface area contributed by atoms with Crippen molar-refractivity contribution in [2.75, 3.05) is 0 Å². The number of esters is 1. The van der Waals surface area contributed by atoms with E-state index in [-0.39, 0.29) is 12.1 Å². The van der Waals surface area contributed by atoms with Crippen LogP contribution in [-0.4, -0.2) is 12.1 Å². The summed E-state index contributed by atoms with van der Waals surface area (Å²) in [5, 5.41) is 0. The van der Waals surface area contributed by atoms with Gasteiger partial charge in [-0.25, -0.2) is 4.79 Å². The van der Waals surface area contributed by atoms with Crippen LogP contribution >= 0.6 is 0 Å². The molecule has 0 amide bonds. The quantitative estimate of drug-likeness (QED) is 0.712. The Morgan fingerprint density at radius 2 is 1.38 bits per heavy atom. The van der Waals surface area contributed by atoms with Crippen molar-refractivity contribution in [1.82, 2.24) is 0 Å². The van der Waals surface area contributed by atoms with E-state index in [1.807, 2.05) is 12.1 Å². The molecule has 21 heavy (non-hydrogen) atoms. The molecule has 0 spiro atoms. The number of ether oxygens (including phenoxy) is 1. The third-order valence-corrected chi connectivity index (χ3v) is 5.05. The summed E-state index contributed by atoms with van der Waals surface area (Å²) in [4.78, 5) is 12.2. The zero-order chi connectivity index (χ0) is 14.5. The molecule has 1 aromatic carbocycles. The SMILES string of the molecule is O=C(OC1CCCCC1)c1ccc(C2CCCCC2)cc1. The highest BCUT2D eigenvalue weighted by molar-refractivity contribution is 5.89. The maximum Gasteiger partial charge on any atom is 0.338 e. The Morgan fingerprint density at radius 3 is 2.00 bits per heavy atom. The van der Waals surface area contributed by atoms with E-state index in [1.165, 1.54) is 56.9 Å². The van der Waals surface area contributed by atoms with Gasteiger partial charge in [-0.05, 0) is 62.1 Å². The van der Waals surface area contributed by atoms with Crippen LogP contribution in [0.1, 0.15) is 86.0 Å². The molecule has 2 nitrogen and oxygen atoms in total. The van der Waals surface area contributed by atoms with Gasteiger partial charge in [-0.15, -0.1) is 0 Å². The lowest BCUT2D eigenvalue weighted by molar-refractivity contribution is 0.0211. The van der Waals surface area contributed by atoms with Gasteiger partial charge in [0.2, 0.25) is 0 Å². The Morgan fingerprint density at radius 1 is 0.810 bits per heavy atom. The molecule has 2 aliphatic rings. The molecule has 0 bridgehead atoms.